The molecule has 0 bridgehead atoms. The number of aromatic nitrogens is 2. The number of rotatable bonds is 5. The summed E-state index contributed by atoms with van der Waals surface area (Å²) >= 11 is 0. The van der Waals surface area contributed by atoms with Gasteiger partial charge in [0.05, 0.1) is 12.1 Å². The van der Waals surface area contributed by atoms with Crippen molar-refractivity contribution in [1.29, 1.82) is 0 Å². The van der Waals surface area contributed by atoms with Crippen LogP contribution in [0.15, 0.2) is 64.3 Å². The lowest BCUT2D eigenvalue weighted by Gasteiger charge is -2.14. The Morgan fingerprint density at radius 2 is 1.79 bits per heavy atom. The maximum Gasteiger partial charge on any atom is 0.257 e. The van der Waals surface area contributed by atoms with Crippen LogP contribution in [0, 0.1) is 11.6 Å². The first-order valence-electron chi connectivity index (χ1n) is 10.3. The fourth-order valence-electron chi connectivity index (χ4n) is 3.77. The minimum Gasteiger partial charge on any atom is -0.454 e. The first-order valence-corrected chi connectivity index (χ1v) is 10.3. The summed E-state index contributed by atoms with van der Waals surface area (Å²) in [5.41, 5.74) is -0.996. The van der Waals surface area contributed by atoms with E-state index in [0.29, 0.717) is 17.1 Å². The van der Waals surface area contributed by atoms with Crippen molar-refractivity contribution >= 4 is 16.9 Å². The van der Waals surface area contributed by atoms with Crippen LogP contribution in [0.25, 0.3) is 11.0 Å². The second-order valence-corrected chi connectivity index (χ2v) is 7.65. The number of H-pyrrole nitrogens is 1. The quantitative estimate of drug-likeness (QED) is 0.472. The summed E-state index contributed by atoms with van der Waals surface area (Å²) in [6.07, 6.45) is 1.23. The summed E-state index contributed by atoms with van der Waals surface area (Å²) in [6, 6.07) is 11.2. The number of carbonyl (C=O) groups excluding carboxylic acids is 1. The standard InChI is InChI=1S/C24H17F2N3O5/c25-16-2-1-3-17(26)14(16)10-29-11-15(23(31)22-18(29)5-7-21(30)28-22)24(32)27-9-13-4-6-19-20(8-13)34-12-33-19/h1-8,11H,9-10,12H2,(H,27,32)(H,28,30). The number of halogens is 2. The Morgan fingerprint density at radius 3 is 2.59 bits per heavy atom. The lowest BCUT2D eigenvalue weighted by Crippen LogP contribution is -2.30. The van der Waals surface area contributed by atoms with Crippen molar-refractivity contribution < 1.29 is 23.0 Å². The summed E-state index contributed by atoms with van der Waals surface area (Å²) in [5.74, 6) is -1.12. The zero-order chi connectivity index (χ0) is 23.8. The average Bonchev–Trinajstić information content (AvgIpc) is 3.29. The highest BCUT2D eigenvalue weighted by Crippen LogP contribution is 2.32. The largest absolute Gasteiger partial charge is 0.454 e. The molecule has 1 aliphatic rings. The Labute approximate surface area is 190 Å². The van der Waals surface area contributed by atoms with Gasteiger partial charge >= 0.3 is 0 Å². The molecule has 0 saturated heterocycles. The van der Waals surface area contributed by atoms with Crippen molar-refractivity contribution in [3.8, 4) is 11.5 Å². The van der Waals surface area contributed by atoms with Crippen LogP contribution in [-0.4, -0.2) is 22.3 Å². The van der Waals surface area contributed by atoms with Crippen molar-refractivity contribution in [2.75, 3.05) is 6.79 Å². The number of benzene rings is 2. The van der Waals surface area contributed by atoms with Gasteiger partial charge in [-0.1, -0.05) is 12.1 Å². The van der Waals surface area contributed by atoms with E-state index < -0.39 is 28.5 Å². The van der Waals surface area contributed by atoms with Gasteiger partial charge in [-0.25, -0.2) is 8.78 Å². The van der Waals surface area contributed by atoms with Crippen molar-refractivity contribution in [3.05, 3.63) is 104 Å². The number of aromatic amines is 1. The minimum absolute atomic E-state index is 0.0835. The Kier molecular flexibility index (Phi) is 5.33. The third kappa shape index (κ3) is 3.90. The normalized spacial score (nSPS) is 12.2. The topological polar surface area (TPSA) is 102 Å². The van der Waals surface area contributed by atoms with Crippen molar-refractivity contribution in [1.82, 2.24) is 14.9 Å². The van der Waals surface area contributed by atoms with Gasteiger partial charge in [0.2, 0.25) is 17.8 Å². The van der Waals surface area contributed by atoms with Gasteiger partial charge in [0, 0.05) is 24.4 Å². The predicted octanol–water partition coefficient (Wildman–Crippen LogP) is 2.68. The molecule has 10 heteroatoms. The summed E-state index contributed by atoms with van der Waals surface area (Å²) in [4.78, 5) is 40.2. The lowest BCUT2D eigenvalue weighted by molar-refractivity contribution is 0.0949. The smallest absolute Gasteiger partial charge is 0.257 e. The number of hydrogen-bond donors (Lipinski definition) is 2. The first-order chi connectivity index (χ1) is 16.4. The number of nitrogens with zero attached hydrogens (tertiary/aromatic N) is 1. The number of ether oxygens (including phenoxy) is 2. The van der Waals surface area contributed by atoms with Crippen LogP contribution in [-0.2, 0) is 13.1 Å². The van der Waals surface area contributed by atoms with E-state index in [9.17, 15) is 23.2 Å². The Morgan fingerprint density at radius 1 is 1.03 bits per heavy atom. The van der Waals surface area contributed by atoms with Gasteiger partial charge in [0.1, 0.15) is 22.7 Å². The molecule has 0 saturated carbocycles. The monoisotopic (exact) mass is 465 g/mol. The van der Waals surface area contributed by atoms with E-state index in [0.717, 1.165) is 12.1 Å². The molecule has 172 valence electrons. The molecule has 1 aliphatic heterocycles. The molecule has 1 amide bonds. The molecule has 0 spiro atoms. The molecule has 4 aromatic rings. The summed E-state index contributed by atoms with van der Waals surface area (Å²) in [7, 11) is 0. The van der Waals surface area contributed by atoms with Gasteiger partial charge < -0.3 is 24.3 Å². The van der Waals surface area contributed by atoms with Gasteiger partial charge in [0.25, 0.3) is 5.91 Å². The zero-order valence-corrected chi connectivity index (χ0v) is 17.6. The van der Waals surface area contributed by atoms with Gasteiger partial charge in [-0.3, -0.25) is 14.4 Å². The zero-order valence-electron chi connectivity index (χ0n) is 17.6. The van der Waals surface area contributed by atoms with Gasteiger partial charge in [0.15, 0.2) is 11.5 Å². The molecule has 0 aliphatic carbocycles. The third-order valence-corrected chi connectivity index (χ3v) is 5.49. The van der Waals surface area contributed by atoms with E-state index in [1.165, 1.54) is 29.0 Å². The van der Waals surface area contributed by atoms with E-state index in [4.69, 9.17) is 9.47 Å². The maximum atomic E-state index is 14.3. The van der Waals surface area contributed by atoms with Crippen LogP contribution in [0.2, 0.25) is 0 Å². The number of amides is 1. The maximum absolute atomic E-state index is 14.3. The third-order valence-electron chi connectivity index (χ3n) is 5.49. The van der Waals surface area contributed by atoms with E-state index in [-0.39, 0.29) is 42.0 Å². The summed E-state index contributed by atoms with van der Waals surface area (Å²) in [5, 5.41) is 2.65. The van der Waals surface area contributed by atoms with E-state index in [2.05, 4.69) is 10.3 Å². The molecular formula is C24H17F2N3O5. The summed E-state index contributed by atoms with van der Waals surface area (Å²) in [6.45, 7) is -0.105. The molecule has 34 heavy (non-hydrogen) atoms. The molecule has 2 aromatic carbocycles. The average molecular weight is 465 g/mol. The van der Waals surface area contributed by atoms with Crippen LogP contribution < -0.4 is 25.8 Å². The van der Waals surface area contributed by atoms with Crippen LogP contribution in [0.5, 0.6) is 11.5 Å². The molecule has 5 rings (SSSR count). The first kappa shape index (κ1) is 21.4. The molecule has 2 N–H and O–H groups in total. The molecule has 0 atom stereocenters. The lowest BCUT2D eigenvalue weighted by atomic mass is 10.1. The minimum atomic E-state index is -0.773. The molecule has 2 aromatic heterocycles. The second kappa shape index (κ2) is 8.47. The van der Waals surface area contributed by atoms with Gasteiger partial charge in [-0.2, -0.15) is 0 Å². The van der Waals surface area contributed by atoms with Crippen molar-refractivity contribution in [2.45, 2.75) is 13.1 Å². The molecular weight excluding hydrogens is 448 g/mol. The Bertz CT molecular complexity index is 1540. The molecule has 0 fully saturated rings. The number of pyridine rings is 2. The highest BCUT2D eigenvalue weighted by Gasteiger charge is 2.19. The van der Waals surface area contributed by atoms with Crippen LogP contribution in [0.1, 0.15) is 21.5 Å². The van der Waals surface area contributed by atoms with Crippen LogP contribution in [0.3, 0.4) is 0 Å². The van der Waals surface area contributed by atoms with Gasteiger partial charge in [-0.15, -0.1) is 0 Å². The fraction of sp³-hybridized carbons (Fsp3) is 0.125. The van der Waals surface area contributed by atoms with E-state index in [1.54, 1.807) is 18.2 Å². The van der Waals surface area contributed by atoms with Gasteiger partial charge in [-0.05, 0) is 35.9 Å². The van der Waals surface area contributed by atoms with E-state index >= 15 is 0 Å². The number of fused-ring (bicyclic) bond motifs is 2. The number of carbonyl (C=O) groups is 1. The van der Waals surface area contributed by atoms with Crippen molar-refractivity contribution in [2.24, 2.45) is 0 Å². The number of nitrogens with one attached hydrogen (secondary N) is 2. The highest BCUT2D eigenvalue weighted by atomic mass is 19.1. The van der Waals surface area contributed by atoms with Crippen molar-refractivity contribution in [3.63, 3.8) is 0 Å². The molecule has 3 heterocycles. The molecule has 0 radical (unpaired) electrons. The molecule has 8 nitrogen and oxygen atoms in total. The Hall–Kier alpha value is -4.47. The van der Waals surface area contributed by atoms with Crippen LogP contribution >= 0.6 is 0 Å². The SMILES string of the molecule is O=C(NCc1ccc2c(c1)OCO2)c1cn(Cc2c(F)cccc2F)c2ccc(=O)[nH]c2c1=O. The molecule has 0 unspecified atom stereocenters. The fourth-order valence-corrected chi connectivity index (χ4v) is 3.77. The second-order valence-electron chi connectivity index (χ2n) is 7.65. The number of hydrogen-bond acceptors (Lipinski definition) is 5. The Balaban J connectivity index is 1.51. The highest BCUT2D eigenvalue weighted by molar-refractivity contribution is 5.96. The summed E-state index contributed by atoms with van der Waals surface area (Å²) < 4.78 is 40.5. The van der Waals surface area contributed by atoms with E-state index in [1.807, 2.05) is 0 Å². The van der Waals surface area contributed by atoms with Crippen LogP contribution in [0.4, 0.5) is 8.78 Å². The predicted molar refractivity (Wildman–Crippen MR) is 118 cm³/mol.